The van der Waals surface area contributed by atoms with E-state index in [0.717, 1.165) is 19.4 Å². The molecule has 2 rings (SSSR count). The average Bonchev–Trinajstić information content (AvgIpc) is 2.91. The van der Waals surface area contributed by atoms with Crippen molar-refractivity contribution in [1.82, 2.24) is 10.6 Å². The zero-order valence-corrected chi connectivity index (χ0v) is 11.6. The molecule has 0 saturated carbocycles. The molecular formula is C13H18ClN3O2. The first kappa shape index (κ1) is 14.0. The van der Waals surface area contributed by atoms with Gasteiger partial charge in [0.25, 0.3) is 5.91 Å². The highest BCUT2D eigenvalue weighted by Gasteiger charge is 2.18. The zero-order chi connectivity index (χ0) is 13.8. The number of halogens is 1. The van der Waals surface area contributed by atoms with Crippen LogP contribution < -0.4 is 21.1 Å². The van der Waals surface area contributed by atoms with E-state index >= 15 is 0 Å². The number of ether oxygens (including phenoxy) is 1. The normalized spacial score (nSPS) is 18.3. The number of hydrogen-bond donors (Lipinski definition) is 3. The van der Waals surface area contributed by atoms with Gasteiger partial charge in [-0.05, 0) is 25.5 Å². The van der Waals surface area contributed by atoms with Crippen molar-refractivity contribution in [1.29, 1.82) is 0 Å². The molecule has 0 aromatic heterocycles. The number of nitrogens with one attached hydrogen (secondary N) is 2. The van der Waals surface area contributed by atoms with Gasteiger partial charge in [0.2, 0.25) is 0 Å². The molecular weight excluding hydrogens is 266 g/mol. The minimum absolute atomic E-state index is 0.201. The molecule has 0 spiro atoms. The molecule has 0 aliphatic carbocycles. The summed E-state index contributed by atoms with van der Waals surface area (Å²) in [5.74, 6) is 0.228. The monoisotopic (exact) mass is 283 g/mol. The molecule has 0 unspecified atom stereocenters. The Morgan fingerprint density at radius 2 is 2.42 bits per heavy atom. The van der Waals surface area contributed by atoms with Crippen molar-refractivity contribution in [3.63, 3.8) is 0 Å². The second-order valence-electron chi connectivity index (χ2n) is 4.58. The quantitative estimate of drug-likeness (QED) is 0.731. The Hall–Kier alpha value is -1.46. The van der Waals surface area contributed by atoms with Crippen molar-refractivity contribution in [2.24, 2.45) is 0 Å². The molecule has 104 valence electrons. The van der Waals surface area contributed by atoms with Gasteiger partial charge in [-0.15, -0.1) is 0 Å². The summed E-state index contributed by atoms with van der Waals surface area (Å²) in [6, 6.07) is 3.44. The summed E-state index contributed by atoms with van der Waals surface area (Å²) in [7, 11) is 1.50. The number of anilines is 1. The van der Waals surface area contributed by atoms with Crippen molar-refractivity contribution in [3.05, 3.63) is 22.7 Å². The molecule has 0 bridgehead atoms. The largest absolute Gasteiger partial charge is 0.496 e. The first-order chi connectivity index (χ1) is 9.11. The highest BCUT2D eigenvalue weighted by molar-refractivity contribution is 6.33. The fourth-order valence-corrected chi connectivity index (χ4v) is 2.32. The number of nitrogens with two attached hydrogens (primary N) is 1. The highest BCUT2D eigenvalue weighted by atomic mass is 35.5. The van der Waals surface area contributed by atoms with Crippen LogP contribution in [0.5, 0.6) is 5.75 Å². The van der Waals surface area contributed by atoms with E-state index in [-0.39, 0.29) is 5.91 Å². The number of rotatable bonds is 4. The van der Waals surface area contributed by atoms with Gasteiger partial charge in [-0.25, -0.2) is 0 Å². The van der Waals surface area contributed by atoms with Crippen LogP contribution in [-0.4, -0.2) is 32.1 Å². The average molecular weight is 284 g/mol. The number of amides is 1. The molecule has 1 heterocycles. The molecule has 1 aliphatic rings. The maximum absolute atomic E-state index is 12.1. The molecule has 19 heavy (non-hydrogen) atoms. The van der Waals surface area contributed by atoms with Crippen molar-refractivity contribution >= 4 is 23.2 Å². The number of nitrogen functional groups attached to an aromatic ring is 1. The molecule has 6 heteroatoms. The zero-order valence-electron chi connectivity index (χ0n) is 10.8. The Morgan fingerprint density at radius 3 is 3.05 bits per heavy atom. The topological polar surface area (TPSA) is 76.4 Å². The Labute approximate surface area is 117 Å². The lowest BCUT2D eigenvalue weighted by Crippen LogP contribution is -2.37. The highest BCUT2D eigenvalue weighted by Crippen LogP contribution is 2.28. The van der Waals surface area contributed by atoms with E-state index in [0.29, 0.717) is 34.6 Å². The third kappa shape index (κ3) is 3.30. The van der Waals surface area contributed by atoms with Gasteiger partial charge in [0.05, 0.1) is 23.4 Å². The second kappa shape index (κ2) is 6.12. The molecule has 5 nitrogen and oxygen atoms in total. The Bertz CT molecular complexity index is 473. The van der Waals surface area contributed by atoms with Crippen molar-refractivity contribution in [2.75, 3.05) is 25.9 Å². The van der Waals surface area contributed by atoms with E-state index in [2.05, 4.69) is 10.6 Å². The maximum Gasteiger partial charge on any atom is 0.255 e. The molecule has 1 amide bonds. The third-order valence-electron chi connectivity index (χ3n) is 3.23. The molecule has 1 aromatic carbocycles. The van der Waals surface area contributed by atoms with Gasteiger partial charge in [0.1, 0.15) is 5.75 Å². The number of benzene rings is 1. The van der Waals surface area contributed by atoms with Crippen LogP contribution in [0.15, 0.2) is 12.1 Å². The molecule has 1 aliphatic heterocycles. The Kier molecular flexibility index (Phi) is 4.50. The van der Waals surface area contributed by atoms with E-state index in [1.807, 2.05) is 0 Å². The lowest BCUT2D eigenvalue weighted by atomic mass is 10.1. The van der Waals surface area contributed by atoms with Crippen LogP contribution in [0.1, 0.15) is 23.2 Å². The second-order valence-corrected chi connectivity index (χ2v) is 4.98. The smallest absolute Gasteiger partial charge is 0.255 e. The van der Waals surface area contributed by atoms with E-state index < -0.39 is 0 Å². The van der Waals surface area contributed by atoms with E-state index in [1.165, 1.54) is 13.2 Å². The third-order valence-corrected chi connectivity index (χ3v) is 3.56. The maximum atomic E-state index is 12.1. The van der Waals surface area contributed by atoms with Gasteiger partial charge >= 0.3 is 0 Å². The standard InChI is InChI=1S/C13H18ClN3O2/c1-19-12-6-11(15)10(14)5-9(12)13(18)17-7-8-3-2-4-16-8/h5-6,8,16H,2-4,7,15H2,1H3,(H,17,18)/t8-/m0/s1. The predicted molar refractivity (Wildman–Crippen MR) is 75.8 cm³/mol. The summed E-state index contributed by atoms with van der Waals surface area (Å²) in [5, 5.41) is 6.55. The molecule has 4 N–H and O–H groups in total. The molecule has 1 aromatic rings. The summed E-state index contributed by atoms with van der Waals surface area (Å²) in [6.45, 7) is 1.61. The lowest BCUT2D eigenvalue weighted by Gasteiger charge is -2.14. The summed E-state index contributed by atoms with van der Waals surface area (Å²) < 4.78 is 5.16. The van der Waals surface area contributed by atoms with E-state index in [1.54, 1.807) is 6.07 Å². The molecule has 1 saturated heterocycles. The van der Waals surface area contributed by atoms with Crippen molar-refractivity contribution < 1.29 is 9.53 Å². The minimum atomic E-state index is -0.201. The van der Waals surface area contributed by atoms with Crippen LogP contribution in [0, 0.1) is 0 Å². The predicted octanol–water partition coefficient (Wildman–Crippen LogP) is 1.41. The van der Waals surface area contributed by atoms with Gasteiger partial charge in [0.15, 0.2) is 0 Å². The van der Waals surface area contributed by atoms with Gasteiger partial charge < -0.3 is 21.1 Å². The Balaban J connectivity index is 2.07. The first-order valence-electron chi connectivity index (χ1n) is 6.26. The summed E-state index contributed by atoms with van der Waals surface area (Å²) in [5.41, 5.74) is 6.48. The van der Waals surface area contributed by atoms with Crippen LogP contribution in [-0.2, 0) is 0 Å². The van der Waals surface area contributed by atoms with E-state index in [4.69, 9.17) is 22.1 Å². The number of carbonyl (C=O) groups is 1. The summed E-state index contributed by atoms with van der Waals surface area (Å²) >= 11 is 5.94. The van der Waals surface area contributed by atoms with Crippen LogP contribution in [0.4, 0.5) is 5.69 Å². The lowest BCUT2D eigenvalue weighted by molar-refractivity contribution is 0.0947. The SMILES string of the molecule is COc1cc(N)c(Cl)cc1C(=O)NC[C@@H]1CCCN1. The summed E-state index contributed by atoms with van der Waals surface area (Å²) in [6.07, 6.45) is 2.23. The van der Waals surface area contributed by atoms with E-state index in [9.17, 15) is 4.79 Å². The number of carbonyl (C=O) groups excluding carboxylic acids is 1. The van der Waals surface area contributed by atoms with Gasteiger partial charge in [0, 0.05) is 18.7 Å². The molecule has 0 radical (unpaired) electrons. The van der Waals surface area contributed by atoms with Crippen LogP contribution in [0.25, 0.3) is 0 Å². The van der Waals surface area contributed by atoms with Gasteiger partial charge in [-0.1, -0.05) is 11.6 Å². The van der Waals surface area contributed by atoms with Gasteiger partial charge in [-0.2, -0.15) is 0 Å². The van der Waals surface area contributed by atoms with Gasteiger partial charge in [-0.3, -0.25) is 4.79 Å². The molecule has 1 atom stereocenters. The fourth-order valence-electron chi connectivity index (χ4n) is 2.16. The Morgan fingerprint density at radius 1 is 1.63 bits per heavy atom. The minimum Gasteiger partial charge on any atom is -0.496 e. The van der Waals surface area contributed by atoms with Crippen LogP contribution in [0.2, 0.25) is 5.02 Å². The number of hydrogen-bond acceptors (Lipinski definition) is 4. The van der Waals surface area contributed by atoms with Crippen LogP contribution in [0.3, 0.4) is 0 Å². The fraction of sp³-hybridized carbons (Fsp3) is 0.462. The van der Waals surface area contributed by atoms with Crippen molar-refractivity contribution in [3.8, 4) is 5.75 Å². The molecule has 1 fully saturated rings. The number of methoxy groups -OCH3 is 1. The van der Waals surface area contributed by atoms with Crippen LogP contribution >= 0.6 is 11.6 Å². The first-order valence-corrected chi connectivity index (χ1v) is 6.64. The van der Waals surface area contributed by atoms with Crippen molar-refractivity contribution in [2.45, 2.75) is 18.9 Å². The summed E-state index contributed by atoms with van der Waals surface area (Å²) in [4.78, 5) is 12.1.